The van der Waals surface area contributed by atoms with Crippen molar-refractivity contribution in [3.05, 3.63) is 81.7 Å². The van der Waals surface area contributed by atoms with Crippen LogP contribution in [-0.4, -0.2) is 29.9 Å². The van der Waals surface area contributed by atoms with E-state index in [2.05, 4.69) is 72.1 Å². The van der Waals surface area contributed by atoms with Crippen LogP contribution in [0.5, 0.6) is 0 Å². The van der Waals surface area contributed by atoms with Crippen LogP contribution in [0.3, 0.4) is 0 Å². The number of aromatic nitrogens is 6. The fourth-order valence-corrected chi connectivity index (χ4v) is 4.20. The van der Waals surface area contributed by atoms with Crippen LogP contribution in [0, 0.1) is 0 Å². The second-order valence-corrected chi connectivity index (χ2v) is 9.79. The summed E-state index contributed by atoms with van der Waals surface area (Å²) in [5.41, 5.74) is 3.45. The Hall–Kier alpha value is -2.66. The number of hydrogen-bond acceptors (Lipinski definition) is 8. The Balaban J connectivity index is 1.59. The molecule has 0 spiro atoms. The first-order valence-corrected chi connectivity index (χ1v) is 12.5. The molecule has 0 unspecified atom stereocenters. The van der Waals surface area contributed by atoms with Crippen LogP contribution in [-0.2, 0) is 0 Å². The fourth-order valence-electron chi connectivity index (χ4n) is 3.21. The summed E-state index contributed by atoms with van der Waals surface area (Å²) >= 11 is 15.4. The van der Waals surface area contributed by atoms with Crippen molar-refractivity contribution in [2.45, 2.75) is 10.3 Å². The van der Waals surface area contributed by atoms with Gasteiger partial charge in [0.15, 0.2) is 33.6 Å². The van der Waals surface area contributed by atoms with E-state index in [1.807, 2.05) is 72.8 Å². The van der Waals surface area contributed by atoms with Crippen LogP contribution in [0.25, 0.3) is 45.6 Å². The van der Waals surface area contributed by atoms with E-state index in [0.717, 1.165) is 31.2 Å². The molecule has 0 saturated carbocycles. The highest BCUT2D eigenvalue weighted by molar-refractivity contribution is 9.10. The smallest absolute Gasteiger partial charge is 0.189 e. The maximum Gasteiger partial charge on any atom is 0.189 e. The Labute approximate surface area is 223 Å². The Morgan fingerprint density at radius 3 is 0.971 bits per heavy atom. The lowest BCUT2D eigenvalue weighted by Crippen LogP contribution is -2.00. The molecule has 0 fully saturated rings. The van der Waals surface area contributed by atoms with Crippen LogP contribution in [0.15, 0.2) is 92.1 Å². The molecular weight excluding hydrogens is 596 g/mol. The van der Waals surface area contributed by atoms with Gasteiger partial charge in [-0.25, -0.2) is 24.9 Å². The molecule has 3 aromatic carbocycles. The highest BCUT2D eigenvalue weighted by Crippen LogP contribution is 2.27. The minimum atomic E-state index is 0.315. The van der Waals surface area contributed by atoms with Crippen LogP contribution in [0.2, 0.25) is 0 Å². The predicted octanol–water partition coefficient (Wildman–Crippen LogP) is 6.83. The molecule has 0 atom stereocenters. The van der Waals surface area contributed by atoms with Gasteiger partial charge in [-0.05, 0) is 24.3 Å². The van der Waals surface area contributed by atoms with Gasteiger partial charge in [-0.3, -0.25) is 0 Å². The zero-order chi connectivity index (χ0) is 23.7. The zero-order valence-electron chi connectivity index (χ0n) is 17.3. The molecule has 0 N–H and O–H groups in total. The van der Waals surface area contributed by atoms with E-state index in [9.17, 15) is 0 Å². The second kappa shape index (κ2) is 9.91. The number of benzene rings is 3. The normalized spacial score (nSPS) is 10.9. The highest BCUT2D eigenvalue weighted by Gasteiger charge is 2.13. The minimum absolute atomic E-state index is 0.315. The number of thiol groups is 2. The van der Waals surface area contributed by atoms with Gasteiger partial charge in [0, 0.05) is 31.2 Å². The first kappa shape index (κ1) is 23.1. The van der Waals surface area contributed by atoms with Crippen molar-refractivity contribution in [2.75, 3.05) is 0 Å². The van der Waals surface area contributed by atoms with E-state index >= 15 is 0 Å². The molecular formula is C24H14Br2N6S2. The molecule has 5 aromatic rings. The van der Waals surface area contributed by atoms with Crippen molar-refractivity contribution in [2.24, 2.45) is 0 Å². The van der Waals surface area contributed by atoms with Crippen LogP contribution >= 0.6 is 57.1 Å². The van der Waals surface area contributed by atoms with Gasteiger partial charge in [-0.1, -0.05) is 80.4 Å². The Bertz CT molecular complexity index is 1390. The lowest BCUT2D eigenvalue weighted by Gasteiger charge is -2.09. The summed E-state index contributed by atoms with van der Waals surface area (Å²) < 4.78 is 1.97. The summed E-state index contributed by atoms with van der Waals surface area (Å²) in [6, 6.07) is 23.4. The minimum Gasteiger partial charge on any atom is -0.208 e. The molecule has 0 saturated heterocycles. The summed E-state index contributed by atoms with van der Waals surface area (Å²) in [7, 11) is 0. The molecule has 0 amide bonds. The molecule has 2 aromatic heterocycles. The zero-order valence-corrected chi connectivity index (χ0v) is 22.2. The topological polar surface area (TPSA) is 77.3 Å². The van der Waals surface area contributed by atoms with Gasteiger partial charge in [-0.2, -0.15) is 4.98 Å². The van der Waals surface area contributed by atoms with E-state index in [-0.39, 0.29) is 0 Å². The highest BCUT2D eigenvalue weighted by atomic mass is 79.9. The van der Waals surface area contributed by atoms with Crippen molar-refractivity contribution < 1.29 is 0 Å². The number of hydrogen-bond donors (Lipinski definition) is 2. The quantitative estimate of drug-likeness (QED) is 0.218. The van der Waals surface area contributed by atoms with Gasteiger partial charge in [0.25, 0.3) is 0 Å². The summed E-state index contributed by atoms with van der Waals surface area (Å²) in [5.74, 6) is 2.25. The van der Waals surface area contributed by atoms with Crippen LogP contribution < -0.4 is 0 Å². The van der Waals surface area contributed by atoms with E-state index in [1.165, 1.54) is 0 Å². The molecule has 34 heavy (non-hydrogen) atoms. The summed E-state index contributed by atoms with van der Waals surface area (Å²) in [6.45, 7) is 0. The van der Waals surface area contributed by atoms with E-state index in [4.69, 9.17) is 15.0 Å². The van der Waals surface area contributed by atoms with Gasteiger partial charge in [-0.15, -0.1) is 25.3 Å². The van der Waals surface area contributed by atoms with Gasteiger partial charge < -0.3 is 0 Å². The van der Waals surface area contributed by atoms with Crippen LogP contribution in [0.4, 0.5) is 0 Å². The van der Waals surface area contributed by atoms with E-state index < -0.39 is 0 Å². The average molecular weight is 610 g/mol. The third-order valence-electron chi connectivity index (χ3n) is 4.85. The molecule has 166 valence electrons. The largest absolute Gasteiger partial charge is 0.208 e. The third-order valence-corrected chi connectivity index (χ3v) is 6.31. The maximum atomic E-state index is 4.76. The molecule has 0 bridgehead atoms. The Morgan fingerprint density at radius 2 is 0.647 bits per heavy atom. The third kappa shape index (κ3) is 5.20. The molecule has 10 heteroatoms. The van der Waals surface area contributed by atoms with Gasteiger partial charge in [0.1, 0.15) is 0 Å². The summed E-state index contributed by atoms with van der Waals surface area (Å²) in [4.78, 5) is 26.8. The predicted molar refractivity (Wildman–Crippen MR) is 145 cm³/mol. The molecule has 6 nitrogen and oxygen atoms in total. The van der Waals surface area contributed by atoms with Crippen molar-refractivity contribution >= 4 is 57.1 Å². The van der Waals surface area contributed by atoms with Crippen molar-refractivity contribution in [1.29, 1.82) is 0 Å². The number of halogens is 2. The lowest BCUT2D eigenvalue weighted by molar-refractivity contribution is 0.816. The fraction of sp³-hybridized carbons (Fsp3) is 0. The molecule has 0 aliphatic heterocycles. The Morgan fingerprint density at radius 1 is 0.382 bits per heavy atom. The molecule has 2 heterocycles. The summed E-state index contributed by atoms with van der Waals surface area (Å²) in [6.07, 6.45) is 0. The van der Waals surface area contributed by atoms with Gasteiger partial charge >= 0.3 is 0 Å². The van der Waals surface area contributed by atoms with E-state index in [0.29, 0.717) is 33.6 Å². The first-order valence-electron chi connectivity index (χ1n) is 9.97. The first-order chi connectivity index (χ1) is 16.4. The SMILES string of the molecule is Sc1nc(S)nc(-c2ccc(-c3nc(-c4ccc(Br)cc4)nc(-c4ccc(Br)cc4)n3)cc2)n1. The van der Waals surface area contributed by atoms with Gasteiger partial charge in [0.05, 0.1) is 0 Å². The molecule has 0 radical (unpaired) electrons. The van der Waals surface area contributed by atoms with Crippen molar-refractivity contribution in [1.82, 2.24) is 29.9 Å². The average Bonchev–Trinajstić information content (AvgIpc) is 2.84. The van der Waals surface area contributed by atoms with E-state index in [1.54, 1.807) is 0 Å². The van der Waals surface area contributed by atoms with Gasteiger partial charge in [0.2, 0.25) is 0 Å². The second-order valence-electron chi connectivity index (χ2n) is 7.16. The monoisotopic (exact) mass is 608 g/mol. The van der Waals surface area contributed by atoms with Crippen LogP contribution in [0.1, 0.15) is 0 Å². The maximum absolute atomic E-state index is 4.76. The molecule has 0 aliphatic carbocycles. The standard InChI is InChI=1S/C24H14Br2N6S2/c25-17-9-5-15(6-10-17)20-27-19(28-21(29-20)16-7-11-18(26)12-8-16)13-1-3-14(4-2-13)22-30-23(33)32-24(34)31-22/h1-12H,(H2,30,31,32,33,34). The van der Waals surface area contributed by atoms with Crippen molar-refractivity contribution in [3.63, 3.8) is 0 Å². The molecule has 5 rings (SSSR count). The molecule has 0 aliphatic rings. The Kier molecular flexibility index (Phi) is 6.73. The number of rotatable bonds is 4. The van der Waals surface area contributed by atoms with Crippen molar-refractivity contribution in [3.8, 4) is 45.6 Å². The lowest BCUT2D eigenvalue weighted by atomic mass is 10.1. The summed E-state index contributed by atoms with van der Waals surface area (Å²) in [5, 5.41) is 0.629. The number of nitrogens with zero attached hydrogens (tertiary/aromatic N) is 6.